The Morgan fingerprint density at radius 3 is 2.32 bits per heavy atom. The molecular formula is C16H18N2O4. The first-order valence-electron chi connectivity index (χ1n) is 6.81. The highest BCUT2D eigenvalue weighted by Crippen LogP contribution is 2.23. The Balaban J connectivity index is 2.31. The number of likely N-dealkylation sites (N-methyl/N-ethyl adjacent to an activating group) is 1. The largest absolute Gasteiger partial charge is 0.444 e. The van der Waals surface area contributed by atoms with Crippen LogP contribution >= 0.6 is 0 Å². The van der Waals surface area contributed by atoms with Gasteiger partial charge in [-0.15, -0.1) is 0 Å². The molecule has 0 saturated heterocycles. The van der Waals surface area contributed by atoms with Crippen molar-refractivity contribution < 1.29 is 18.8 Å². The quantitative estimate of drug-likeness (QED) is 0.810. The Bertz CT molecular complexity index is 657. The summed E-state index contributed by atoms with van der Waals surface area (Å²) in [7, 11) is 3.23. The molecule has 1 aromatic heterocycles. The van der Waals surface area contributed by atoms with Crippen molar-refractivity contribution >= 4 is 11.9 Å². The highest BCUT2D eigenvalue weighted by atomic mass is 16.6. The van der Waals surface area contributed by atoms with E-state index in [9.17, 15) is 9.59 Å². The fraction of sp³-hybridized carbons (Fsp3) is 0.312. The molecule has 22 heavy (non-hydrogen) atoms. The Morgan fingerprint density at radius 1 is 1.18 bits per heavy atom. The molecule has 0 aliphatic carbocycles. The minimum atomic E-state index is -1.00. The van der Waals surface area contributed by atoms with Gasteiger partial charge in [-0.3, -0.25) is 4.79 Å². The van der Waals surface area contributed by atoms with Crippen LogP contribution < -0.4 is 0 Å². The van der Waals surface area contributed by atoms with Gasteiger partial charge in [-0.1, -0.05) is 35.5 Å². The van der Waals surface area contributed by atoms with Gasteiger partial charge in [0.05, 0.1) is 5.69 Å². The van der Waals surface area contributed by atoms with Gasteiger partial charge in [0.2, 0.25) is 6.10 Å². The number of rotatable bonds is 4. The Kier molecular flexibility index (Phi) is 4.60. The standard InChI is InChI=1S/C16H18N2O4/c1-10-13(11(2)22-17-10)16(20)21-14(15(19)18(3)4)12-8-6-5-7-9-12/h5-9,14H,1-4H3. The third-order valence-corrected chi connectivity index (χ3v) is 3.23. The van der Waals surface area contributed by atoms with Crippen LogP contribution in [0.2, 0.25) is 0 Å². The second-order valence-corrected chi connectivity index (χ2v) is 5.13. The van der Waals surface area contributed by atoms with Crippen molar-refractivity contribution in [3.63, 3.8) is 0 Å². The summed E-state index contributed by atoms with van der Waals surface area (Å²) in [6, 6.07) is 8.89. The first-order chi connectivity index (χ1) is 10.4. The monoisotopic (exact) mass is 302 g/mol. The van der Waals surface area contributed by atoms with Gasteiger partial charge in [0, 0.05) is 19.7 Å². The number of ether oxygens (including phenoxy) is 1. The molecule has 1 aromatic carbocycles. The van der Waals surface area contributed by atoms with Gasteiger partial charge in [0.15, 0.2) is 0 Å². The highest BCUT2D eigenvalue weighted by molar-refractivity contribution is 5.94. The average molecular weight is 302 g/mol. The van der Waals surface area contributed by atoms with Crippen LogP contribution in [0.3, 0.4) is 0 Å². The fourth-order valence-electron chi connectivity index (χ4n) is 2.06. The van der Waals surface area contributed by atoms with E-state index in [1.165, 1.54) is 4.90 Å². The molecule has 1 amide bonds. The number of nitrogens with zero attached hydrogens (tertiary/aromatic N) is 2. The predicted molar refractivity (Wildman–Crippen MR) is 79.3 cm³/mol. The third-order valence-electron chi connectivity index (χ3n) is 3.23. The van der Waals surface area contributed by atoms with E-state index in [2.05, 4.69) is 5.16 Å². The van der Waals surface area contributed by atoms with Gasteiger partial charge in [-0.25, -0.2) is 4.79 Å². The number of aryl methyl sites for hydroxylation is 2. The van der Waals surface area contributed by atoms with E-state index < -0.39 is 12.1 Å². The van der Waals surface area contributed by atoms with E-state index in [0.717, 1.165) is 0 Å². The van der Waals surface area contributed by atoms with Crippen LogP contribution in [0.5, 0.6) is 0 Å². The van der Waals surface area contributed by atoms with E-state index in [4.69, 9.17) is 9.26 Å². The van der Waals surface area contributed by atoms with E-state index in [1.807, 2.05) is 6.07 Å². The molecule has 0 fully saturated rings. The number of hydrogen-bond acceptors (Lipinski definition) is 5. The van der Waals surface area contributed by atoms with Crippen molar-refractivity contribution in [3.8, 4) is 0 Å². The van der Waals surface area contributed by atoms with E-state index in [0.29, 0.717) is 17.0 Å². The van der Waals surface area contributed by atoms with Crippen LogP contribution in [0, 0.1) is 13.8 Å². The van der Waals surface area contributed by atoms with Gasteiger partial charge in [0.1, 0.15) is 11.3 Å². The summed E-state index contributed by atoms with van der Waals surface area (Å²) in [6.07, 6.45) is -1.00. The number of amides is 1. The van der Waals surface area contributed by atoms with E-state index >= 15 is 0 Å². The fourth-order valence-corrected chi connectivity index (χ4v) is 2.06. The lowest BCUT2D eigenvalue weighted by molar-refractivity contribution is -0.138. The Labute approximate surface area is 128 Å². The lowest BCUT2D eigenvalue weighted by Gasteiger charge is -2.21. The maximum atomic E-state index is 12.4. The molecule has 0 saturated carbocycles. The molecule has 1 atom stereocenters. The van der Waals surface area contributed by atoms with Gasteiger partial charge >= 0.3 is 5.97 Å². The van der Waals surface area contributed by atoms with Crippen molar-refractivity contribution in [1.29, 1.82) is 0 Å². The lowest BCUT2D eigenvalue weighted by atomic mass is 10.1. The number of hydrogen-bond donors (Lipinski definition) is 0. The zero-order valence-electron chi connectivity index (χ0n) is 13.0. The summed E-state index contributed by atoms with van der Waals surface area (Å²) in [5.41, 5.74) is 1.31. The van der Waals surface area contributed by atoms with Crippen molar-refractivity contribution in [1.82, 2.24) is 10.1 Å². The first-order valence-corrected chi connectivity index (χ1v) is 6.81. The molecule has 1 heterocycles. The van der Waals surface area contributed by atoms with Crippen molar-refractivity contribution in [2.45, 2.75) is 20.0 Å². The molecule has 6 nitrogen and oxygen atoms in total. The second-order valence-electron chi connectivity index (χ2n) is 5.13. The van der Waals surface area contributed by atoms with Crippen LogP contribution in [0.4, 0.5) is 0 Å². The van der Waals surface area contributed by atoms with Crippen molar-refractivity contribution in [2.24, 2.45) is 0 Å². The molecule has 0 aliphatic heterocycles. The normalized spacial score (nSPS) is 11.8. The number of aromatic nitrogens is 1. The highest BCUT2D eigenvalue weighted by Gasteiger charge is 2.29. The Hall–Kier alpha value is -2.63. The third kappa shape index (κ3) is 3.16. The van der Waals surface area contributed by atoms with Crippen molar-refractivity contribution in [2.75, 3.05) is 14.1 Å². The molecule has 1 unspecified atom stereocenters. The molecule has 2 rings (SSSR count). The first kappa shape index (κ1) is 15.8. The molecule has 0 aliphatic rings. The zero-order chi connectivity index (χ0) is 16.3. The summed E-state index contributed by atoms with van der Waals surface area (Å²) < 4.78 is 10.4. The zero-order valence-corrected chi connectivity index (χ0v) is 13.0. The minimum absolute atomic E-state index is 0.257. The van der Waals surface area contributed by atoms with Crippen LogP contribution in [0.1, 0.15) is 33.5 Å². The van der Waals surface area contributed by atoms with E-state index in [-0.39, 0.29) is 11.5 Å². The van der Waals surface area contributed by atoms with Gasteiger partial charge in [0.25, 0.3) is 5.91 Å². The average Bonchev–Trinajstić information content (AvgIpc) is 2.83. The second kappa shape index (κ2) is 6.43. The molecular weight excluding hydrogens is 284 g/mol. The Morgan fingerprint density at radius 2 is 1.82 bits per heavy atom. The molecule has 0 bridgehead atoms. The van der Waals surface area contributed by atoms with Gasteiger partial charge in [-0.2, -0.15) is 0 Å². The molecule has 0 spiro atoms. The molecule has 116 valence electrons. The topological polar surface area (TPSA) is 72.6 Å². The van der Waals surface area contributed by atoms with Crippen LogP contribution in [0.25, 0.3) is 0 Å². The van der Waals surface area contributed by atoms with Gasteiger partial charge < -0.3 is 14.2 Å². The summed E-state index contributed by atoms with van der Waals surface area (Å²) in [5, 5.41) is 3.73. The predicted octanol–water partition coefficient (Wildman–Crippen LogP) is 2.28. The number of benzene rings is 1. The number of carbonyl (C=O) groups excluding carboxylic acids is 2. The van der Waals surface area contributed by atoms with Crippen LogP contribution in [-0.2, 0) is 9.53 Å². The molecule has 6 heteroatoms. The maximum Gasteiger partial charge on any atom is 0.344 e. The molecule has 2 aromatic rings. The maximum absolute atomic E-state index is 12.4. The summed E-state index contributed by atoms with van der Waals surface area (Å²) in [5.74, 6) is -0.571. The summed E-state index contributed by atoms with van der Waals surface area (Å²) in [4.78, 5) is 26.1. The van der Waals surface area contributed by atoms with Crippen LogP contribution in [-0.4, -0.2) is 36.0 Å². The molecule has 0 N–H and O–H groups in total. The van der Waals surface area contributed by atoms with E-state index in [1.54, 1.807) is 52.2 Å². The molecule has 0 radical (unpaired) electrons. The van der Waals surface area contributed by atoms with Crippen LogP contribution in [0.15, 0.2) is 34.9 Å². The summed E-state index contributed by atoms with van der Waals surface area (Å²) in [6.45, 7) is 3.28. The summed E-state index contributed by atoms with van der Waals surface area (Å²) >= 11 is 0. The smallest absolute Gasteiger partial charge is 0.344 e. The lowest BCUT2D eigenvalue weighted by Crippen LogP contribution is -2.31. The van der Waals surface area contributed by atoms with Gasteiger partial charge in [-0.05, 0) is 13.8 Å². The number of esters is 1. The SMILES string of the molecule is Cc1noc(C)c1C(=O)OC(C(=O)N(C)C)c1ccccc1. The number of carbonyl (C=O) groups is 2. The minimum Gasteiger partial charge on any atom is -0.444 e. The van der Waals surface area contributed by atoms with Crippen molar-refractivity contribution in [3.05, 3.63) is 52.9 Å².